The topological polar surface area (TPSA) is 38.7 Å². The minimum absolute atomic E-state index is 0.248. The lowest BCUT2D eigenvalue weighted by Gasteiger charge is -2.13. The van der Waals surface area contributed by atoms with Crippen LogP contribution in [0.4, 0.5) is 0 Å². The SMILES string of the molecule is COc1ccc(C(O)C2CCOC2)s1. The van der Waals surface area contributed by atoms with Crippen LogP contribution in [0.5, 0.6) is 5.06 Å². The molecular formula is C10H14O3S. The molecule has 2 rings (SSSR count). The van der Waals surface area contributed by atoms with Crippen molar-refractivity contribution in [1.82, 2.24) is 0 Å². The predicted octanol–water partition coefficient (Wildman–Crippen LogP) is 1.83. The molecule has 2 atom stereocenters. The van der Waals surface area contributed by atoms with Crippen LogP contribution in [-0.4, -0.2) is 25.4 Å². The summed E-state index contributed by atoms with van der Waals surface area (Å²) in [5.41, 5.74) is 0. The first-order valence-corrected chi connectivity index (χ1v) is 5.52. The van der Waals surface area contributed by atoms with E-state index in [0.29, 0.717) is 6.61 Å². The van der Waals surface area contributed by atoms with Crippen molar-refractivity contribution in [2.45, 2.75) is 12.5 Å². The summed E-state index contributed by atoms with van der Waals surface area (Å²) < 4.78 is 10.3. The van der Waals surface area contributed by atoms with Gasteiger partial charge in [-0.25, -0.2) is 0 Å². The maximum absolute atomic E-state index is 10.0. The van der Waals surface area contributed by atoms with Crippen molar-refractivity contribution in [3.05, 3.63) is 17.0 Å². The zero-order valence-electron chi connectivity index (χ0n) is 8.10. The van der Waals surface area contributed by atoms with E-state index in [0.717, 1.165) is 23.0 Å². The molecule has 2 unspecified atom stereocenters. The zero-order chi connectivity index (χ0) is 9.97. The Morgan fingerprint density at radius 2 is 2.50 bits per heavy atom. The van der Waals surface area contributed by atoms with E-state index in [1.54, 1.807) is 7.11 Å². The number of hydrogen-bond acceptors (Lipinski definition) is 4. The molecule has 1 aliphatic rings. The molecule has 0 aliphatic carbocycles. The Morgan fingerprint density at radius 1 is 1.64 bits per heavy atom. The van der Waals surface area contributed by atoms with Gasteiger partial charge < -0.3 is 14.6 Å². The summed E-state index contributed by atoms with van der Waals surface area (Å²) in [4.78, 5) is 0.970. The molecular weight excluding hydrogens is 200 g/mol. The highest BCUT2D eigenvalue weighted by Crippen LogP contribution is 2.35. The molecule has 78 valence electrons. The highest BCUT2D eigenvalue weighted by molar-refractivity contribution is 7.13. The molecule has 1 N–H and O–H groups in total. The highest BCUT2D eigenvalue weighted by Gasteiger charge is 2.26. The summed E-state index contributed by atoms with van der Waals surface area (Å²) in [6.45, 7) is 1.44. The third kappa shape index (κ3) is 1.92. The van der Waals surface area contributed by atoms with Gasteiger partial charge in [0.15, 0.2) is 5.06 Å². The van der Waals surface area contributed by atoms with Crippen molar-refractivity contribution >= 4 is 11.3 Å². The molecule has 0 aromatic carbocycles. The third-order valence-electron chi connectivity index (χ3n) is 2.51. The normalized spacial score (nSPS) is 23.7. The van der Waals surface area contributed by atoms with Gasteiger partial charge in [0.05, 0.1) is 19.8 Å². The lowest BCUT2D eigenvalue weighted by Crippen LogP contribution is -2.10. The van der Waals surface area contributed by atoms with E-state index in [1.807, 2.05) is 12.1 Å². The van der Waals surface area contributed by atoms with Gasteiger partial charge in [-0.2, -0.15) is 0 Å². The van der Waals surface area contributed by atoms with Crippen molar-refractivity contribution in [2.75, 3.05) is 20.3 Å². The molecule has 0 bridgehead atoms. The Morgan fingerprint density at radius 3 is 3.07 bits per heavy atom. The first-order chi connectivity index (χ1) is 6.81. The maximum atomic E-state index is 10.0. The summed E-state index contributed by atoms with van der Waals surface area (Å²) in [5, 5.41) is 10.8. The monoisotopic (exact) mass is 214 g/mol. The fourth-order valence-electron chi connectivity index (χ4n) is 1.64. The van der Waals surface area contributed by atoms with Crippen molar-refractivity contribution in [3.63, 3.8) is 0 Å². The zero-order valence-corrected chi connectivity index (χ0v) is 8.92. The van der Waals surface area contributed by atoms with Crippen LogP contribution in [0, 0.1) is 5.92 Å². The summed E-state index contributed by atoms with van der Waals surface area (Å²) in [6.07, 6.45) is 0.549. The Labute approximate surface area is 87.3 Å². The Bertz CT molecular complexity index is 291. The second-order valence-electron chi connectivity index (χ2n) is 3.43. The van der Waals surface area contributed by atoms with Gasteiger partial charge in [-0.3, -0.25) is 0 Å². The number of thiophene rings is 1. The minimum atomic E-state index is -0.397. The molecule has 14 heavy (non-hydrogen) atoms. The number of aliphatic hydroxyl groups is 1. The number of ether oxygens (including phenoxy) is 2. The van der Waals surface area contributed by atoms with Crippen LogP contribution in [0.15, 0.2) is 12.1 Å². The minimum Gasteiger partial charge on any atom is -0.487 e. The number of hydrogen-bond donors (Lipinski definition) is 1. The van der Waals surface area contributed by atoms with Crippen LogP contribution < -0.4 is 4.74 Å². The van der Waals surface area contributed by atoms with Gasteiger partial charge in [0.25, 0.3) is 0 Å². The fraction of sp³-hybridized carbons (Fsp3) is 0.600. The molecule has 0 spiro atoms. The molecule has 4 heteroatoms. The first-order valence-electron chi connectivity index (χ1n) is 4.71. The van der Waals surface area contributed by atoms with Gasteiger partial charge in [-0.05, 0) is 18.6 Å². The van der Waals surface area contributed by atoms with Crippen molar-refractivity contribution in [3.8, 4) is 5.06 Å². The summed E-state index contributed by atoms with van der Waals surface area (Å²) in [6, 6.07) is 3.81. The quantitative estimate of drug-likeness (QED) is 0.834. The van der Waals surface area contributed by atoms with Crippen LogP contribution >= 0.6 is 11.3 Å². The first kappa shape index (κ1) is 9.96. The fourth-order valence-corrected chi connectivity index (χ4v) is 2.54. The van der Waals surface area contributed by atoms with E-state index in [1.165, 1.54) is 11.3 Å². The van der Waals surface area contributed by atoms with Crippen LogP contribution in [0.1, 0.15) is 17.4 Å². The van der Waals surface area contributed by atoms with Crippen molar-refractivity contribution in [2.24, 2.45) is 5.92 Å². The van der Waals surface area contributed by atoms with Gasteiger partial charge in [-0.1, -0.05) is 0 Å². The Hall–Kier alpha value is -0.580. The molecule has 0 radical (unpaired) electrons. The Kier molecular flexibility index (Phi) is 3.05. The maximum Gasteiger partial charge on any atom is 0.173 e. The lowest BCUT2D eigenvalue weighted by molar-refractivity contribution is 0.0945. The van der Waals surface area contributed by atoms with E-state index in [2.05, 4.69) is 0 Å². The third-order valence-corrected chi connectivity index (χ3v) is 3.62. The van der Waals surface area contributed by atoms with Crippen molar-refractivity contribution < 1.29 is 14.6 Å². The van der Waals surface area contributed by atoms with Crippen LogP contribution in [0.3, 0.4) is 0 Å². The molecule has 1 aliphatic heterocycles. The van der Waals surface area contributed by atoms with Crippen LogP contribution in [0.25, 0.3) is 0 Å². The molecule has 3 nitrogen and oxygen atoms in total. The summed E-state index contributed by atoms with van der Waals surface area (Å²) in [7, 11) is 1.64. The van der Waals surface area contributed by atoms with Gasteiger partial charge >= 0.3 is 0 Å². The molecule has 1 saturated heterocycles. The average molecular weight is 214 g/mol. The van der Waals surface area contributed by atoms with E-state index in [9.17, 15) is 5.11 Å². The molecule has 1 aromatic heterocycles. The highest BCUT2D eigenvalue weighted by atomic mass is 32.1. The summed E-state index contributed by atoms with van der Waals surface area (Å²) >= 11 is 1.50. The summed E-state index contributed by atoms with van der Waals surface area (Å²) in [5.74, 6) is 0.248. The second-order valence-corrected chi connectivity index (χ2v) is 4.51. The smallest absolute Gasteiger partial charge is 0.173 e. The number of aliphatic hydroxyl groups excluding tert-OH is 1. The lowest BCUT2D eigenvalue weighted by atomic mass is 10.0. The molecule has 0 amide bonds. The Balaban J connectivity index is 2.05. The van der Waals surface area contributed by atoms with E-state index in [4.69, 9.17) is 9.47 Å². The van der Waals surface area contributed by atoms with Crippen molar-refractivity contribution in [1.29, 1.82) is 0 Å². The molecule has 0 saturated carbocycles. The molecule has 2 heterocycles. The number of methoxy groups -OCH3 is 1. The van der Waals surface area contributed by atoms with Gasteiger partial charge in [0.2, 0.25) is 0 Å². The van der Waals surface area contributed by atoms with Gasteiger partial charge in [-0.15, -0.1) is 11.3 Å². The van der Waals surface area contributed by atoms with Crippen LogP contribution in [-0.2, 0) is 4.74 Å². The predicted molar refractivity (Wildman–Crippen MR) is 54.8 cm³/mol. The second kappa shape index (κ2) is 4.29. The van der Waals surface area contributed by atoms with Crippen LogP contribution in [0.2, 0.25) is 0 Å². The number of rotatable bonds is 3. The van der Waals surface area contributed by atoms with E-state index < -0.39 is 6.10 Å². The molecule has 1 aromatic rings. The largest absolute Gasteiger partial charge is 0.487 e. The van der Waals surface area contributed by atoms with Gasteiger partial charge in [0.1, 0.15) is 0 Å². The van der Waals surface area contributed by atoms with Gasteiger partial charge in [0, 0.05) is 17.4 Å². The molecule has 1 fully saturated rings. The standard InChI is InChI=1S/C10H14O3S/c1-12-9-3-2-8(14-9)10(11)7-4-5-13-6-7/h2-3,7,10-11H,4-6H2,1H3. The van der Waals surface area contributed by atoms with E-state index >= 15 is 0 Å². The van der Waals surface area contributed by atoms with E-state index in [-0.39, 0.29) is 5.92 Å². The average Bonchev–Trinajstić information content (AvgIpc) is 2.88.